The highest BCUT2D eigenvalue weighted by atomic mass is 31.2. The van der Waals surface area contributed by atoms with Gasteiger partial charge in [0.2, 0.25) is 0 Å². The van der Waals surface area contributed by atoms with Crippen LogP contribution < -0.4 is 0 Å². The summed E-state index contributed by atoms with van der Waals surface area (Å²) in [6, 6.07) is 0. The van der Waals surface area contributed by atoms with Crippen molar-refractivity contribution in [1.29, 1.82) is 0 Å². The molecule has 0 aromatic rings. The summed E-state index contributed by atoms with van der Waals surface area (Å²) in [5, 5.41) is 9.79. The molecule has 12 heteroatoms. The predicted octanol–water partition coefficient (Wildman–Crippen LogP) is 17.0. The maximum Gasteiger partial charge on any atom is 0.472 e. The van der Waals surface area contributed by atoms with Gasteiger partial charge in [-0.05, 0) is 116 Å². The van der Waals surface area contributed by atoms with E-state index in [-0.39, 0.29) is 25.9 Å². The molecule has 0 aromatic carbocycles. The fourth-order valence-electron chi connectivity index (χ4n) is 7.29. The minimum absolute atomic E-state index is 0.0493. The summed E-state index contributed by atoms with van der Waals surface area (Å²) in [4.78, 5) is 48.5. The van der Waals surface area contributed by atoms with Crippen LogP contribution in [0.5, 0.6) is 0 Å². The molecule has 3 unspecified atom stereocenters. The highest BCUT2D eigenvalue weighted by Gasteiger charge is 2.28. The molecule has 422 valence electrons. The van der Waals surface area contributed by atoms with Crippen LogP contribution in [0.1, 0.15) is 226 Å². The van der Waals surface area contributed by atoms with Gasteiger partial charge in [-0.25, -0.2) is 4.57 Å². The minimum Gasteiger partial charge on any atom is -0.462 e. The second-order valence-electron chi connectivity index (χ2n) is 18.7. The van der Waals surface area contributed by atoms with Gasteiger partial charge < -0.3 is 24.2 Å². The molecule has 0 aliphatic carbocycles. The van der Waals surface area contributed by atoms with E-state index >= 15 is 0 Å². The zero-order valence-corrected chi connectivity index (χ0v) is 47.4. The number of esters is 3. The fourth-order valence-corrected chi connectivity index (χ4v) is 8.07. The SMILES string of the molecule is CC/C=C\C/C=C\C/C=C\C/C=C\CCC(=O)OC(CO)COP(=O)(O)OCC(COC(=O)CCCCCCC/C=C\C/C=C\CCCCC)OC(=O)CCCCCCCC/C=C\C/C=C\C/C=C\CCCCC. The van der Waals surface area contributed by atoms with Gasteiger partial charge >= 0.3 is 25.7 Å². The van der Waals surface area contributed by atoms with Crippen molar-refractivity contribution in [3.05, 3.63) is 109 Å². The van der Waals surface area contributed by atoms with Crippen LogP contribution in [0.3, 0.4) is 0 Å². The average Bonchev–Trinajstić information content (AvgIpc) is 3.39. The highest BCUT2D eigenvalue weighted by Crippen LogP contribution is 2.43. The number of carbonyl (C=O) groups is 3. The normalized spacial score (nSPS) is 14.2. The maximum atomic E-state index is 12.9. The van der Waals surface area contributed by atoms with E-state index in [0.717, 1.165) is 122 Å². The van der Waals surface area contributed by atoms with Crippen LogP contribution in [0.25, 0.3) is 0 Å². The summed E-state index contributed by atoms with van der Waals surface area (Å²) in [6.07, 6.45) is 66.3. The largest absolute Gasteiger partial charge is 0.472 e. The number of rotatable bonds is 52. The van der Waals surface area contributed by atoms with Crippen molar-refractivity contribution < 1.29 is 52.2 Å². The van der Waals surface area contributed by atoms with Gasteiger partial charge in [0.1, 0.15) is 12.7 Å². The topological polar surface area (TPSA) is 155 Å². The van der Waals surface area contributed by atoms with Crippen LogP contribution in [0.4, 0.5) is 0 Å². The van der Waals surface area contributed by atoms with E-state index in [1.165, 1.54) is 44.9 Å². The Balaban J connectivity index is 4.84. The van der Waals surface area contributed by atoms with Crippen LogP contribution in [0.15, 0.2) is 109 Å². The van der Waals surface area contributed by atoms with Crippen molar-refractivity contribution in [2.75, 3.05) is 26.4 Å². The molecule has 3 atom stereocenters. The molecule has 11 nitrogen and oxygen atoms in total. The van der Waals surface area contributed by atoms with Gasteiger partial charge in [-0.1, -0.05) is 201 Å². The molecule has 0 rings (SSSR count). The van der Waals surface area contributed by atoms with Crippen LogP contribution in [-0.4, -0.2) is 66.5 Å². The number of aliphatic hydroxyl groups excluding tert-OH is 1. The number of aliphatic hydroxyl groups is 1. The molecule has 0 aliphatic rings. The molecule has 0 saturated carbocycles. The van der Waals surface area contributed by atoms with Gasteiger partial charge in [0.05, 0.1) is 19.8 Å². The number of unbranched alkanes of at least 4 members (excludes halogenated alkanes) is 17. The molecular weight excluding hydrogens is 952 g/mol. The molecule has 0 aliphatic heterocycles. The molecule has 0 saturated heterocycles. The van der Waals surface area contributed by atoms with E-state index in [4.69, 9.17) is 23.3 Å². The van der Waals surface area contributed by atoms with E-state index < -0.39 is 57.8 Å². The standard InChI is InChI=1S/C62H103O11P/c1-4-7-10-13-16-19-22-25-27-28-29-30-32-35-38-41-44-47-50-53-62(66)73-59(55-69-60(64)51-48-45-42-39-36-34-31-26-23-20-17-14-11-8-5-2)57-71-74(67,68)70-56-58(54-63)72-61(65)52-49-46-43-40-37-33-24-21-18-15-12-9-6-3/h9,12,16-21,25-27,29-31,33,37,43,46,58-59,63H,4-8,10-11,13-15,22-24,28,32,34-36,38-42,44-45,47-57H2,1-3H3,(H,67,68)/b12-9-,19-16-,20-17-,21-18-,27-25-,30-29-,31-26-,37-33-,46-43-. The van der Waals surface area contributed by atoms with Gasteiger partial charge in [-0.15, -0.1) is 0 Å². The van der Waals surface area contributed by atoms with Crippen molar-refractivity contribution in [3.63, 3.8) is 0 Å². The Morgan fingerprint density at radius 2 is 0.730 bits per heavy atom. The van der Waals surface area contributed by atoms with Crippen molar-refractivity contribution in [2.45, 2.75) is 238 Å². The van der Waals surface area contributed by atoms with Crippen molar-refractivity contribution in [1.82, 2.24) is 0 Å². The smallest absolute Gasteiger partial charge is 0.462 e. The average molecular weight is 1060 g/mol. The first-order valence-corrected chi connectivity index (χ1v) is 30.3. The number of carbonyl (C=O) groups excluding carboxylic acids is 3. The van der Waals surface area contributed by atoms with Crippen LogP contribution in [0.2, 0.25) is 0 Å². The summed E-state index contributed by atoms with van der Waals surface area (Å²) < 4.78 is 39.4. The lowest BCUT2D eigenvalue weighted by molar-refractivity contribution is -0.161. The van der Waals surface area contributed by atoms with Crippen molar-refractivity contribution >= 4 is 25.7 Å². The van der Waals surface area contributed by atoms with E-state index in [9.17, 15) is 28.9 Å². The van der Waals surface area contributed by atoms with E-state index in [1.807, 2.05) is 18.2 Å². The third-order valence-electron chi connectivity index (χ3n) is 11.7. The third-order valence-corrected chi connectivity index (χ3v) is 12.6. The molecule has 0 heterocycles. The zero-order valence-electron chi connectivity index (χ0n) is 46.5. The molecular formula is C62H103O11P. The van der Waals surface area contributed by atoms with Gasteiger partial charge in [-0.3, -0.25) is 23.4 Å². The lowest BCUT2D eigenvalue weighted by Gasteiger charge is -2.21. The van der Waals surface area contributed by atoms with Gasteiger partial charge in [0.15, 0.2) is 6.10 Å². The van der Waals surface area contributed by atoms with E-state index in [0.29, 0.717) is 19.3 Å². The second-order valence-corrected chi connectivity index (χ2v) is 20.2. The molecule has 74 heavy (non-hydrogen) atoms. The number of hydrogen-bond donors (Lipinski definition) is 2. The number of phosphoric ester groups is 1. The fraction of sp³-hybridized carbons (Fsp3) is 0.661. The molecule has 0 aromatic heterocycles. The number of allylic oxidation sites excluding steroid dienone is 18. The van der Waals surface area contributed by atoms with Gasteiger partial charge in [-0.2, -0.15) is 0 Å². The van der Waals surface area contributed by atoms with E-state index in [2.05, 4.69) is 112 Å². The van der Waals surface area contributed by atoms with Crippen molar-refractivity contribution in [3.8, 4) is 0 Å². The Kier molecular flexibility index (Phi) is 52.5. The van der Waals surface area contributed by atoms with Crippen molar-refractivity contribution in [2.24, 2.45) is 0 Å². The Labute approximate surface area is 450 Å². The predicted molar refractivity (Wildman–Crippen MR) is 307 cm³/mol. The zero-order chi connectivity index (χ0) is 54.1. The maximum absolute atomic E-state index is 12.9. The summed E-state index contributed by atoms with van der Waals surface area (Å²) in [5.41, 5.74) is 0. The number of ether oxygens (including phenoxy) is 3. The quantitative estimate of drug-likeness (QED) is 0.0197. The highest BCUT2D eigenvalue weighted by molar-refractivity contribution is 7.47. The lowest BCUT2D eigenvalue weighted by atomic mass is 10.1. The lowest BCUT2D eigenvalue weighted by Crippen LogP contribution is -2.30. The van der Waals surface area contributed by atoms with Crippen LogP contribution in [0, 0.1) is 0 Å². The first-order valence-electron chi connectivity index (χ1n) is 28.8. The Hall–Kier alpha value is -3.86. The number of hydrogen-bond acceptors (Lipinski definition) is 10. The van der Waals surface area contributed by atoms with E-state index in [1.54, 1.807) is 0 Å². The van der Waals surface area contributed by atoms with Crippen LogP contribution >= 0.6 is 7.82 Å². The van der Waals surface area contributed by atoms with Crippen LogP contribution in [-0.2, 0) is 42.2 Å². The second kappa shape index (κ2) is 55.4. The summed E-state index contributed by atoms with van der Waals surface area (Å²) in [6.45, 7) is 4.35. The number of phosphoric acid groups is 1. The molecule has 2 N–H and O–H groups in total. The third kappa shape index (κ3) is 53.0. The minimum atomic E-state index is -4.78. The molecule has 0 radical (unpaired) electrons. The van der Waals surface area contributed by atoms with Gasteiger partial charge in [0.25, 0.3) is 0 Å². The summed E-state index contributed by atoms with van der Waals surface area (Å²) in [7, 11) is -4.78. The van der Waals surface area contributed by atoms with Gasteiger partial charge in [0, 0.05) is 19.3 Å². The Morgan fingerprint density at radius 3 is 1.16 bits per heavy atom. The summed E-state index contributed by atoms with van der Waals surface area (Å²) >= 11 is 0. The molecule has 0 spiro atoms. The monoisotopic (exact) mass is 1050 g/mol. The molecule has 0 fully saturated rings. The Morgan fingerprint density at radius 1 is 0.392 bits per heavy atom. The Bertz CT molecular complexity index is 1660. The molecule has 0 amide bonds. The first-order chi connectivity index (χ1) is 36.2. The summed E-state index contributed by atoms with van der Waals surface area (Å²) in [5.74, 6) is -1.59. The molecule has 0 bridgehead atoms. The first kappa shape index (κ1) is 70.1.